The molecule has 10 heteroatoms. The fraction of sp³-hybridized carbons (Fsp3) is 0.0769. The van der Waals surface area contributed by atoms with Crippen LogP contribution in [0.25, 0.3) is 0 Å². The maximum Gasteiger partial charge on any atom is 0.261 e. The minimum atomic E-state index is -3.86. The third-order valence-electron chi connectivity index (χ3n) is 5.07. The second-order valence-corrected chi connectivity index (χ2v) is 11.4. The van der Waals surface area contributed by atoms with Crippen LogP contribution in [0.4, 0.5) is 22.7 Å². The zero-order chi connectivity index (χ0) is 26.3. The lowest BCUT2D eigenvalue weighted by molar-refractivity contribution is 0.599. The van der Waals surface area contributed by atoms with Gasteiger partial charge in [0.05, 0.1) is 32.5 Å². The van der Waals surface area contributed by atoms with Crippen LogP contribution in [0.15, 0.2) is 107 Å². The number of sulfonamides is 2. The number of para-hydroxylation sites is 4. The van der Waals surface area contributed by atoms with Crippen molar-refractivity contribution in [3.05, 3.63) is 108 Å². The van der Waals surface area contributed by atoms with Crippen molar-refractivity contribution in [2.24, 2.45) is 0 Å². The Labute approximate surface area is 212 Å². The summed E-state index contributed by atoms with van der Waals surface area (Å²) < 4.78 is 55.5. The van der Waals surface area contributed by atoms with Crippen molar-refractivity contribution in [3.8, 4) is 0 Å². The van der Waals surface area contributed by atoms with E-state index in [2.05, 4.69) is 9.44 Å². The second-order valence-electron chi connectivity index (χ2n) is 8.01. The summed E-state index contributed by atoms with van der Waals surface area (Å²) in [4.78, 5) is 0.184. The number of anilines is 4. The van der Waals surface area contributed by atoms with E-state index in [1.807, 2.05) is 26.0 Å². The Morgan fingerprint density at radius 3 is 1.11 bits per heavy atom. The van der Waals surface area contributed by atoms with Crippen LogP contribution in [0.1, 0.15) is 11.1 Å². The van der Waals surface area contributed by atoms with E-state index in [1.165, 1.54) is 36.4 Å². The molecular weight excluding hydrogens is 496 g/mol. The summed E-state index contributed by atoms with van der Waals surface area (Å²) in [5.74, 6) is 0. The number of nitrogen functional groups attached to an aromatic ring is 2. The SMILES string of the molecule is Cc1ccc(S(=O)(=O)Nc2ccccc2NS(=O)(=O)c2ccc(C)cc2)cc1.Nc1ccccc1N. The largest absolute Gasteiger partial charge is 0.397 e. The molecule has 0 atom stereocenters. The smallest absolute Gasteiger partial charge is 0.261 e. The zero-order valence-electron chi connectivity index (χ0n) is 19.8. The van der Waals surface area contributed by atoms with Crippen molar-refractivity contribution in [1.82, 2.24) is 0 Å². The topological polar surface area (TPSA) is 144 Å². The molecule has 0 radical (unpaired) electrons. The van der Waals surface area contributed by atoms with E-state index in [1.54, 1.807) is 48.5 Å². The van der Waals surface area contributed by atoms with Crippen molar-refractivity contribution >= 4 is 42.8 Å². The van der Waals surface area contributed by atoms with Gasteiger partial charge in [-0.2, -0.15) is 0 Å². The summed E-state index contributed by atoms with van der Waals surface area (Å²) in [6.45, 7) is 3.72. The van der Waals surface area contributed by atoms with Gasteiger partial charge in [0, 0.05) is 0 Å². The molecule has 8 nitrogen and oxygen atoms in total. The molecule has 188 valence electrons. The molecule has 36 heavy (non-hydrogen) atoms. The number of aryl methyl sites for hydroxylation is 2. The molecule has 6 N–H and O–H groups in total. The van der Waals surface area contributed by atoms with Crippen LogP contribution in [0.2, 0.25) is 0 Å². The maximum absolute atomic E-state index is 12.6. The lowest BCUT2D eigenvalue weighted by Crippen LogP contribution is -2.17. The minimum Gasteiger partial charge on any atom is -0.397 e. The molecule has 4 aromatic rings. The number of nitrogens with two attached hydrogens (primary N) is 2. The molecule has 0 aliphatic heterocycles. The van der Waals surface area contributed by atoms with E-state index in [-0.39, 0.29) is 21.2 Å². The van der Waals surface area contributed by atoms with E-state index in [9.17, 15) is 16.8 Å². The Balaban J connectivity index is 0.000000383. The molecular formula is C26H28N4O4S2. The van der Waals surface area contributed by atoms with E-state index in [4.69, 9.17) is 11.5 Å². The van der Waals surface area contributed by atoms with Crippen LogP contribution in [0.3, 0.4) is 0 Å². The molecule has 4 rings (SSSR count). The van der Waals surface area contributed by atoms with Crippen molar-refractivity contribution in [3.63, 3.8) is 0 Å². The van der Waals surface area contributed by atoms with Crippen LogP contribution in [-0.4, -0.2) is 16.8 Å². The molecule has 0 bridgehead atoms. The third-order valence-corrected chi connectivity index (χ3v) is 7.84. The first-order chi connectivity index (χ1) is 17.0. The quantitative estimate of drug-likeness (QED) is 0.268. The first-order valence-electron chi connectivity index (χ1n) is 10.9. The molecule has 0 fully saturated rings. The third kappa shape index (κ3) is 7.00. The van der Waals surface area contributed by atoms with Crippen molar-refractivity contribution in [2.75, 3.05) is 20.9 Å². The number of hydrogen-bond acceptors (Lipinski definition) is 6. The Kier molecular flexibility index (Phi) is 8.23. The van der Waals surface area contributed by atoms with E-state index in [0.29, 0.717) is 11.4 Å². The highest BCUT2D eigenvalue weighted by atomic mass is 32.2. The summed E-state index contributed by atoms with van der Waals surface area (Å²) in [6.07, 6.45) is 0. The highest BCUT2D eigenvalue weighted by Gasteiger charge is 2.19. The van der Waals surface area contributed by atoms with Crippen LogP contribution in [0.5, 0.6) is 0 Å². The van der Waals surface area contributed by atoms with Gasteiger partial charge in [-0.25, -0.2) is 16.8 Å². The molecule has 0 spiro atoms. The highest BCUT2D eigenvalue weighted by Crippen LogP contribution is 2.27. The Morgan fingerprint density at radius 2 is 0.806 bits per heavy atom. The standard InChI is InChI=1S/C20H20N2O4S2.C6H8N2/c1-15-7-11-17(12-8-15)27(23,24)21-19-5-3-4-6-20(19)22-28(25,26)18-13-9-16(2)10-14-18;7-5-3-1-2-4-6(5)8/h3-14,21-22H,1-2H3;1-4H,7-8H2. The molecule has 0 amide bonds. The van der Waals surface area contributed by atoms with Crippen molar-refractivity contribution in [1.29, 1.82) is 0 Å². The lowest BCUT2D eigenvalue weighted by atomic mass is 10.2. The summed E-state index contributed by atoms with van der Waals surface area (Å²) in [7, 11) is -7.73. The van der Waals surface area contributed by atoms with Gasteiger partial charge in [0.15, 0.2) is 0 Å². The summed E-state index contributed by atoms with van der Waals surface area (Å²) in [6, 6.07) is 26.3. The number of benzene rings is 4. The normalized spacial score (nSPS) is 11.2. The minimum absolute atomic E-state index is 0.0919. The van der Waals surface area contributed by atoms with Gasteiger partial charge in [-0.1, -0.05) is 59.7 Å². The lowest BCUT2D eigenvalue weighted by Gasteiger charge is -2.15. The van der Waals surface area contributed by atoms with E-state index < -0.39 is 20.0 Å². The first kappa shape index (κ1) is 26.6. The molecule has 0 aliphatic carbocycles. The van der Waals surface area contributed by atoms with Gasteiger partial charge in [0.1, 0.15) is 0 Å². The molecule has 0 saturated carbocycles. The van der Waals surface area contributed by atoms with Gasteiger partial charge in [-0.05, 0) is 62.4 Å². The number of rotatable bonds is 6. The van der Waals surface area contributed by atoms with Crippen LogP contribution >= 0.6 is 0 Å². The first-order valence-corrected chi connectivity index (χ1v) is 13.8. The molecule has 0 unspecified atom stereocenters. The summed E-state index contributed by atoms with van der Waals surface area (Å²) >= 11 is 0. The highest BCUT2D eigenvalue weighted by molar-refractivity contribution is 7.93. The van der Waals surface area contributed by atoms with Gasteiger partial charge in [-0.3, -0.25) is 9.44 Å². The van der Waals surface area contributed by atoms with Gasteiger partial charge >= 0.3 is 0 Å². The maximum atomic E-state index is 12.6. The average molecular weight is 525 g/mol. The Hall–Kier alpha value is -4.02. The molecule has 0 saturated heterocycles. The van der Waals surface area contributed by atoms with Crippen LogP contribution in [-0.2, 0) is 20.0 Å². The summed E-state index contributed by atoms with van der Waals surface area (Å²) in [5.41, 5.74) is 14.2. The predicted molar refractivity (Wildman–Crippen MR) is 146 cm³/mol. The average Bonchev–Trinajstić information content (AvgIpc) is 2.83. The fourth-order valence-electron chi connectivity index (χ4n) is 3.01. The molecule has 4 aromatic carbocycles. The van der Waals surface area contributed by atoms with Gasteiger partial charge < -0.3 is 11.5 Å². The van der Waals surface area contributed by atoms with E-state index >= 15 is 0 Å². The van der Waals surface area contributed by atoms with Crippen molar-refractivity contribution < 1.29 is 16.8 Å². The van der Waals surface area contributed by atoms with Crippen LogP contribution in [0, 0.1) is 13.8 Å². The molecule has 0 aromatic heterocycles. The Morgan fingerprint density at radius 1 is 0.500 bits per heavy atom. The van der Waals surface area contributed by atoms with Gasteiger partial charge in [0.2, 0.25) is 0 Å². The van der Waals surface area contributed by atoms with Gasteiger partial charge in [-0.15, -0.1) is 0 Å². The number of nitrogens with one attached hydrogen (secondary N) is 2. The van der Waals surface area contributed by atoms with Gasteiger partial charge in [0.25, 0.3) is 20.0 Å². The van der Waals surface area contributed by atoms with Crippen LogP contribution < -0.4 is 20.9 Å². The van der Waals surface area contributed by atoms with E-state index in [0.717, 1.165) is 11.1 Å². The summed E-state index contributed by atoms with van der Waals surface area (Å²) in [5, 5.41) is 0. The number of hydrogen-bond donors (Lipinski definition) is 4. The molecule has 0 aliphatic rings. The monoisotopic (exact) mass is 524 g/mol. The second kappa shape index (κ2) is 11.1. The Bertz CT molecular complexity index is 1420. The predicted octanol–water partition coefficient (Wildman–Crippen LogP) is 4.76. The van der Waals surface area contributed by atoms with Crippen molar-refractivity contribution in [2.45, 2.75) is 23.6 Å². The molecule has 0 heterocycles. The zero-order valence-corrected chi connectivity index (χ0v) is 21.5. The fourth-order valence-corrected chi connectivity index (χ4v) is 5.17.